The molecule has 0 aliphatic heterocycles. The number of aromatic nitrogens is 3. The summed E-state index contributed by atoms with van der Waals surface area (Å²) in [5.74, 6) is 0. The van der Waals surface area contributed by atoms with Crippen LogP contribution >= 0.6 is 0 Å². The minimum atomic E-state index is 0.478. The van der Waals surface area contributed by atoms with Gasteiger partial charge in [-0.1, -0.05) is 6.07 Å². The van der Waals surface area contributed by atoms with E-state index in [0.717, 1.165) is 17.0 Å². The topological polar surface area (TPSA) is 56.7 Å². The summed E-state index contributed by atoms with van der Waals surface area (Å²) in [6.45, 7) is 3.20. The minimum Gasteiger partial charge on any atom is -0.325 e. The highest BCUT2D eigenvalue weighted by Gasteiger charge is 1.99. The fourth-order valence-electron chi connectivity index (χ4n) is 1.45. The highest BCUT2D eigenvalue weighted by Crippen LogP contribution is 2.02. The van der Waals surface area contributed by atoms with Gasteiger partial charge in [0.2, 0.25) is 0 Å². The van der Waals surface area contributed by atoms with E-state index in [1.807, 2.05) is 42.2 Å². The van der Waals surface area contributed by atoms with Gasteiger partial charge >= 0.3 is 0 Å². The molecule has 2 aromatic rings. The summed E-state index contributed by atoms with van der Waals surface area (Å²) in [7, 11) is 0. The van der Waals surface area contributed by atoms with Crippen LogP contribution < -0.4 is 5.73 Å². The number of nitrogens with zero attached hydrogens (tertiary/aromatic N) is 3. The Labute approximate surface area is 88.8 Å². The molecule has 0 unspecified atom stereocenters. The average molecular weight is 202 g/mol. The predicted octanol–water partition coefficient (Wildman–Crippen LogP) is 1.09. The van der Waals surface area contributed by atoms with Crippen molar-refractivity contribution in [1.29, 1.82) is 0 Å². The molecule has 4 heteroatoms. The van der Waals surface area contributed by atoms with Crippen LogP contribution in [0.2, 0.25) is 0 Å². The molecule has 0 aliphatic rings. The fraction of sp³-hybridized carbons (Fsp3) is 0.273. The smallest absolute Gasteiger partial charge is 0.0831 e. The molecule has 2 aromatic heterocycles. The number of aryl methyl sites for hydroxylation is 1. The lowest BCUT2D eigenvalue weighted by atomic mass is 10.3. The van der Waals surface area contributed by atoms with Gasteiger partial charge in [-0.25, -0.2) is 0 Å². The molecule has 4 nitrogen and oxygen atoms in total. The molecule has 78 valence electrons. The Kier molecular flexibility index (Phi) is 2.78. The van der Waals surface area contributed by atoms with E-state index in [4.69, 9.17) is 5.73 Å². The lowest BCUT2D eigenvalue weighted by Gasteiger charge is -2.02. The molecule has 0 aromatic carbocycles. The summed E-state index contributed by atoms with van der Waals surface area (Å²) >= 11 is 0. The van der Waals surface area contributed by atoms with Gasteiger partial charge < -0.3 is 5.73 Å². The first-order valence-electron chi connectivity index (χ1n) is 4.92. The van der Waals surface area contributed by atoms with Crippen LogP contribution in [-0.4, -0.2) is 14.8 Å². The van der Waals surface area contributed by atoms with Crippen molar-refractivity contribution in [1.82, 2.24) is 14.8 Å². The third kappa shape index (κ3) is 2.41. The van der Waals surface area contributed by atoms with E-state index in [9.17, 15) is 0 Å². The molecule has 2 rings (SSSR count). The first-order chi connectivity index (χ1) is 7.28. The fourth-order valence-corrected chi connectivity index (χ4v) is 1.45. The summed E-state index contributed by atoms with van der Waals surface area (Å²) in [5, 5.41) is 4.21. The molecule has 0 radical (unpaired) electrons. The van der Waals surface area contributed by atoms with E-state index in [-0.39, 0.29) is 0 Å². The van der Waals surface area contributed by atoms with E-state index in [2.05, 4.69) is 10.1 Å². The van der Waals surface area contributed by atoms with E-state index >= 15 is 0 Å². The summed E-state index contributed by atoms with van der Waals surface area (Å²) in [5.41, 5.74) is 8.59. The Balaban J connectivity index is 2.16. The van der Waals surface area contributed by atoms with Gasteiger partial charge in [0.1, 0.15) is 0 Å². The number of pyridine rings is 1. The van der Waals surface area contributed by atoms with Crippen molar-refractivity contribution in [3.63, 3.8) is 0 Å². The Morgan fingerprint density at radius 1 is 1.33 bits per heavy atom. The van der Waals surface area contributed by atoms with Crippen LogP contribution in [-0.2, 0) is 13.1 Å². The largest absolute Gasteiger partial charge is 0.325 e. The van der Waals surface area contributed by atoms with Crippen LogP contribution in [0.5, 0.6) is 0 Å². The quantitative estimate of drug-likeness (QED) is 0.810. The molecule has 0 bridgehead atoms. The zero-order valence-electron chi connectivity index (χ0n) is 8.72. The lowest BCUT2D eigenvalue weighted by Crippen LogP contribution is -2.05. The normalized spacial score (nSPS) is 10.5. The zero-order chi connectivity index (χ0) is 10.7. The lowest BCUT2D eigenvalue weighted by molar-refractivity contribution is 0.669. The first kappa shape index (κ1) is 9.86. The third-order valence-corrected chi connectivity index (χ3v) is 2.16. The van der Waals surface area contributed by atoms with Crippen LogP contribution in [0.3, 0.4) is 0 Å². The third-order valence-electron chi connectivity index (χ3n) is 2.16. The monoisotopic (exact) mass is 202 g/mol. The van der Waals surface area contributed by atoms with Crippen LogP contribution in [0.4, 0.5) is 0 Å². The van der Waals surface area contributed by atoms with Crippen molar-refractivity contribution in [2.45, 2.75) is 20.0 Å². The van der Waals surface area contributed by atoms with Gasteiger partial charge in [0.15, 0.2) is 0 Å². The van der Waals surface area contributed by atoms with E-state index in [1.54, 1.807) is 0 Å². The van der Waals surface area contributed by atoms with Gasteiger partial charge in [-0.15, -0.1) is 0 Å². The highest BCUT2D eigenvalue weighted by molar-refractivity contribution is 5.12. The summed E-state index contributed by atoms with van der Waals surface area (Å²) in [6.07, 6.45) is 3.84. The van der Waals surface area contributed by atoms with Gasteiger partial charge in [-0.2, -0.15) is 5.10 Å². The molecule has 0 amide bonds. The van der Waals surface area contributed by atoms with Crippen LogP contribution in [0, 0.1) is 6.92 Å². The molecule has 2 heterocycles. The first-order valence-corrected chi connectivity index (χ1v) is 4.92. The van der Waals surface area contributed by atoms with Crippen molar-refractivity contribution in [3.8, 4) is 0 Å². The van der Waals surface area contributed by atoms with Gasteiger partial charge in [-0.05, 0) is 24.6 Å². The van der Waals surface area contributed by atoms with E-state index in [0.29, 0.717) is 13.1 Å². The Morgan fingerprint density at radius 3 is 2.80 bits per heavy atom. The molecule has 15 heavy (non-hydrogen) atoms. The second-order valence-electron chi connectivity index (χ2n) is 3.54. The van der Waals surface area contributed by atoms with E-state index in [1.165, 1.54) is 0 Å². The summed E-state index contributed by atoms with van der Waals surface area (Å²) in [6, 6.07) is 5.88. The standard InChI is InChI=1S/C11H14N4/c1-9-6-13-15(7-9)8-11-4-2-3-10(5-12)14-11/h2-4,6-7H,5,8,12H2,1H3. The Bertz CT molecular complexity index is 447. The van der Waals surface area contributed by atoms with Gasteiger partial charge in [0.05, 0.1) is 24.1 Å². The molecule has 0 saturated carbocycles. The molecule has 0 fully saturated rings. The second-order valence-corrected chi connectivity index (χ2v) is 3.54. The van der Waals surface area contributed by atoms with Gasteiger partial charge in [0.25, 0.3) is 0 Å². The Morgan fingerprint density at radius 2 is 2.13 bits per heavy atom. The van der Waals surface area contributed by atoms with Crippen molar-refractivity contribution >= 4 is 0 Å². The molecular formula is C11H14N4. The molecule has 0 spiro atoms. The molecular weight excluding hydrogens is 188 g/mol. The van der Waals surface area contributed by atoms with Crippen molar-refractivity contribution in [2.24, 2.45) is 5.73 Å². The van der Waals surface area contributed by atoms with E-state index < -0.39 is 0 Å². The van der Waals surface area contributed by atoms with Crippen LogP contribution in [0.15, 0.2) is 30.6 Å². The number of rotatable bonds is 3. The SMILES string of the molecule is Cc1cnn(Cc2cccc(CN)n2)c1. The van der Waals surface area contributed by atoms with Gasteiger partial charge in [0, 0.05) is 12.7 Å². The molecule has 2 N–H and O–H groups in total. The van der Waals surface area contributed by atoms with Crippen LogP contribution in [0.25, 0.3) is 0 Å². The van der Waals surface area contributed by atoms with Gasteiger partial charge in [-0.3, -0.25) is 9.67 Å². The maximum atomic E-state index is 5.53. The Hall–Kier alpha value is -1.68. The van der Waals surface area contributed by atoms with Crippen molar-refractivity contribution in [3.05, 3.63) is 47.5 Å². The molecule has 0 atom stereocenters. The number of hydrogen-bond donors (Lipinski definition) is 1. The summed E-state index contributed by atoms with van der Waals surface area (Å²) in [4.78, 5) is 4.41. The number of nitrogens with two attached hydrogens (primary N) is 1. The molecule has 0 aliphatic carbocycles. The maximum absolute atomic E-state index is 5.53. The van der Waals surface area contributed by atoms with Crippen LogP contribution in [0.1, 0.15) is 17.0 Å². The second kappa shape index (κ2) is 4.23. The average Bonchev–Trinajstić information content (AvgIpc) is 2.64. The van der Waals surface area contributed by atoms with Crippen molar-refractivity contribution in [2.75, 3.05) is 0 Å². The number of hydrogen-bond acceptors (Lipinski definition) is 3. The highest BCUT2D eigenvalue weighted by atomic mass is 15.3. The zero-order valence-corrected chi connectivity index (χ0v) is 8.72. The predicted molar refractivity (Wildman–Crippen MR) is 58.2 cm³/mol. The summed E-state index contributed by atoms with van der Waals surface area (Å²) < 4.78 is 1.87. The minimum absolute atomic E-state index is 0.478. The maximum Gasteiger partial charge on any atom is 0.0831 e. The molecule has 0 saturated heterocycles. The van der Waals surface area contributed by atoms with Crippen molar-refractivity contribution < 1.29 is 0 Å².